The van der Waals surface area contributed by atoms with Gasteiger partial charge in [0.25, 0.3) is 5.91 Å². The van der Waals surface area contributed by atoms with E-state index in [1.807, 2.05) is 30.3 Å². The molecule has 0 unspecified atom stereocenters. The minimum atomic E-state index is -3.55. The van der Waals surface area contributed by atoms with E-state index >= 15 is 0 Å². The fraction of sp³-hybridized carbons (Fsp3) is 0.250. The number of nitrogens with zero attached hydrogens (tertiary/aromatic N) is 2. The average molecular weight is 421 g/mol. The van der Waals surface area contributed by atoms with Crippen molar-refractivity contribution in [1.82, 2.24) is 9.21 Å². The zero-order valence-electron chi connectivity index (χ0n) is 15.4. The van der Waals surface area contributed by atoms with Gasteiger partial charge in [0.1, 0.15) is 5.75 Å². The van der Waals surface area contributed by atoms with E-state index in [1.54, 1.807) is 29.2 Å². The third kappa shape index (κ3) is 4.73. The zero-order chi connectivity index (χ0) is 20.1. The quantitative estimate of drug-likeness (QED) is 0.745. The molecule has 1 heterocycles. The zero-order valence-corrected chi connectivity index (χ0v) is 17.0. The average Bonchev–Trinajstić information content (AvgIpc) is 2.72. The summed E-state index contributed by atoms with van der Waals surface area (Å²) in [5, 5.41) is 1.65. The molecule has 28 heavy (non-hydrogen) atoms. The molecule has 148 valence electrons. The molecule has 8 heteroatoms. The van der Waals surface area contributed by atoms with Gasteiger partial charge in [0.2, 0.25) is 10.0 Å². The van der Waals surface area contributed by atoms with Gasteiger partial charge in [-0.1, -0.05) is 41.9 Å². The number of ether oxygens (including phenoxy) is 1. The Kier molecular flexibility index (Phi) is 6.39. The molecule has 1 aliphatic heterocycles. The molecule has 0 N–H and O–H groups in total. The predicted octanol–water partition coefficient (Wildman–Crippen LogP) is 3.11. The lowest BCUT2D eigenvalue weighted by atomic mass is 10.1. The number of carbonyl (C=O) groups excluding carboxylic acids is 1. The molecule has 3 rings (SSSR count). The van der Waals surface area contributed by atoms with Crippen molar-refractivity contribution in [3.8, 4) is 5.75 Å². The molecular weight excluding hydrogens is 400 g/mol. The van der Waals surface area contributed by atoms with Gasteiger partial charge in [-0.3, -0.25) is 4.79 Å². The van der Waals surface area contributed by atoms with Crippen LogP contribution in [0.3, 0.4) is 0 Å². The number of halogens is 1. The number of piperazine rings is 1. The predicted molar refractivity (Wildman–Crippen MR) is 110 cm³/mol. The Bertz CT molecular complexity index is 969. The van der Waals surface area contributed by atoms with Gasteiger partial charge in [-0.15, -0.1) is 0 Å². The Morgan fingerprint density at radius 1 is 1.07 bits per heavy atom. The van der Waals surface area contributed by atoms with Crippen LogP contribution in [0.2, 0.25) is 5.02 Å². The van der Waals surface area contributed by atoms with Crippen molar-refractivity contribution in [3.05, 3.63) is 70.1 Å². The number of hydrogen-bond donors (Lipinski definition) is 0. The monoisotopic (exact) mass is 420 g/mol. The highest BCUT2D eigenvalue weighted by atomic mass is 35.5. The number of amides is 1. The van der Waals surface area contributed by atoms with E-state index in [4.69, 9.17) is 16.3 Å². The first-order valence-corrected chi connectivity index (χ1v) is 10.6. The third-order valence-corrected chi connectivity index (χ3v) is 6.31. The van der Waals surface area contributed by atoms with E-state index in [9.17, 15) is 13.2 Å². The largest absolute Gasteiger partial charge is 0.496 e. The number of methoxy groups -OCH3 is 1. The Labute approximate surface area is 170 Å². The van der Waals surface area contributed by atoms with Crippen molar-refractivity contribution < 1.29 is 17.9 Å². The van der Waals surface area contributed by atoms with Crippen molar-refractivity contribution in [2.24, 2.45) is 0 Å². The summed E-state index contributed by atoms with van der Waals surface area (Å²) >= 11 is 6.00. The van der Waals surface area contributed by atoms with Crippen LogP contribution in [-0.4, -0.2) is 56.8 Å². The maximum Gasteiger partial charge on any atom is 0.257 e. The molecule has 0 bridgehead atoms. The van der Waals surface area contributed by atoms with Crippen molar-refractivity contribution in [1.29, 1.82) is 0 Å². The molecule has 2 aromatic rings. The molecule has 1 aliphatic rings. The lowest BCUT2D eigenvalue weighted by molar-refractivity contribution is 0.0695. The van der Waals surface area contributed by atoms with E-state index in [0.717, 1.165) is 5.56 Å². The Balaban J connectivity index is 1.66. The molecule has 2 aromatic carbocycles. The van der Waals surface area contributed by atoms with Gasteiger partial charge in [0, 0.05) is 36.6 Å². The van der Waals surface area contributed by atoms with Crippen LogP contribution in [-0.2, 0) is 10.0 Å². The highest BCUT2D eigenvalue weighted by Gasteiger charge is 2.29. The normalized spacial score (nSPS) is 15.7. The second-order valence-corrected chi connectivity index (χ2v) is 8.55. The number of rotatable bonds is 5. The maximum atomic E-state index is 12.8. The minimum Gasteiger partial charge on any atom is -0.496 e. The molecule has 1 amide bonds. The summed E-state index contributed by atoms with van der Waals surface area (Å²) in [5.74, 6) is 0.214. The van der Waals surface area contributed by atoms with Crippen LogP contribution in [0.1, 0.15) is 15.9 Å². The SMILES string of the molecule is COc1ccc(Cl)cc1C(=O)N1CCN(S(=O)(=O)/C=C/c2ccccc2)CC1. The topological polar surface area (TPSA) is 66.9 Å². The van der Waals surface area contributed by atoms with Gasteiger partial charge in [-0.2, -0.15) is 4.31 Å². The summed E-state index contributed by atoms with van der Waals surface area (Å²) in [4.78, 5) is 14.4. The van der Waals surface area contributed by atoms with Gasteiger partial charge in [-0.05, 0) is 29.8 Å². The Hall–Kier alpha value is -2.35. The molecule has 0 radical (unpaired) electrons. The highest BCUT2D eigenvalue weighted by molar-refractivity contribution is 7.92. The molecule has 0 aromatic heterocycles. The van der Waals surface area contributed by atoms with Crippen molar-refractivity contribution in [2.45, 2.75) is 0 Å². The third-order valence-electron chi connectivity index (χ3n) is 4.51. The van der Waals surface area contributed by atoms with Crippen LogP contribution in [0.4, 0.5) is 0 Å². The Morgan fingerprint density at radius 2 is 1.75 bits per heavy atom. The molecule has 0 spiro atoms. The van der Waals surface area contributed by atoms with Gasteiger partial charge >= 0.3 is 0 Å². The molecule has 0 saturated carbocycles. The second kappa shape index (κ2) is 8.77. The fourth-order valence-electron chi connectivity index (χ4n) is 2.98. The Morgan fingerprint density at radius 3 is 2.39 bits per heavy atom. The lowest BCUT2D eigenvalue weighted by Gasteiger charge is -2.33. The first-order valence-electron chi connectivity index (χ1n) is 8.77. The summed E-state index contributed by atoms with van der Waals surface area (Å²) in [7, 11) is -2.06. The van der Waals surface area contributed by atoms with E-state index in [2.05, 4.69) is 0 Å². The highest BCUT2D eigenvalue weighted by Crippen LogP contribution is 2.25. The smallest absolute Gasteiger partial charge is 0.257 e. The van der Waals surface area contributed by atoms with Crippen LogP contribution >= 0.6 is 11.6 Å². The number of carbonyl (C=O) groups is 1. The van der Waals surface area contributed by atoms with E-state index in [-0.39, 0.29) is 19.0 Å². The molecule has 1 fully saturated rings. The van der Waals surface area contributed by atoms with E-state index in [1.165, 1.54) is 16.8 Å². The first kappa shape index (κ1) is 20.4. The standard InChI is InChI=1S/C20H21ClN2O4S/c1-27-19-8-7-17(21)15-18(19)20(24)22-10-12-23(13-11-22)28(25,26)14-9-16-5-3-2-4-6-16/h2-9,14-15H,10-13H2,1H3/b14-9+. The van der Waals surface area contributed by atoms with Crippen LogP contribution in [0.25, 0.3) is 6.08 Å². The summed E-state index contributed by atoms with van der Waals surface area (Å²) in [6.07, 6.45) is 1.57. The molecule has 0 atom stereocenters. The van der Waals surface area contributed by atoms with Crippen molar-refractivity contribution >= 4 is 33.6 Å². The second-order valence-electron chi connectivity index (χ2n) is 6.29. The lowest BCUT2D eigenvalue weighted by Crippen LogP contribution is -2.50. The summed E-state index contributed by atoms with van der Waals surface area (Å²) in [6.45, 7) is 1.06. The van der Waals surface area contributed by atoms with Crippen LogP contribution in [0.15, 0.2) is 53.9 Å². The minimum absolute atomic E-state index is 0.226. The molecular formula is C20H21ClN2O4S. The molecule has 1 saturated heterocycles. The van der Waals surface area contributed by atoms with E-state index in [0.29, 0.717) is 29.4 Å². The maximum absolute atomic E-state index is 12.8. The summed E-state index contributed by atoms with van der Waals surface area (Å²) in [5.41, 5.74) is 1.18. The summed E-state index contributed by atoms with van der Waals surface area (Å²) < 4.78 is 31.7. The number of benzene rings is 2. The van der Waals surface area contributed by atoms with Gasteiger partial charge < -0.3 is 9.64 Å². The van der Waals surface area contributed by atoms with Gasteiger partial charge in [0.05, 0.1) is 12.7 Å². The van der Waals surface area contributed by atoms with Gasteiger partial charge in [-0.25, -0.2) is 8.42 Å². The van der Waals surface area contributed by atoms with Crippen LogP contribution < -0.4 is 4.74 Å². The van der Waals surface area contributed by atoms with Gasteiger partial charge in [0.15, 0.2) is 0 Å². The van der Waals surface area contributed by atoms with Crippen LogP contribution in [0, 0.1) is 0 Å². The number of sulfonamides is 1. The van der Waals surface area contributed by atoms with Crippen LogP contribution in [0.5, 0.6) is 5.75 Å². The number of hydrogen-bond acceptors (Lipinski definition) is 4. The molecule has 0 aliphatic carbocycles. The summed E-state index contributed by atoms with van der Waals surface area (Å²) in [6, 6.07) is 14.1. The van der Waals surface area contributed by atoms with Crippen molar-refractivity contribution in [2.75, 3.05) is 33.3 Å². The molecule has 6 nitrogen and oxygen atoms in total. The fourth-order valence-corrected chi connectivity index (χ4v) is 4.32. The first-order chi connectivity index (χ1) is 13.4. The van der Waals surface area contributed by atoms with Crippen molar-refractivity contribution in [3.63, 3.8) is 0 Å². The van der Waals surface area contributed by atoms with E-state index < -0.39 is 10.0 Å².